The lowest BCUT2D eigenvalue weighted by atomic mass is 10.1. The molecule has 1 aromatic heterocycles. The van der Waals surface area contributed by atoms with Gasteiger partial charge in [0, 0.05) is 0 Å². The fraction of sp³-hybridized carbons (Fsp3) is 0.273. The number of carbonyl (C=O) groups is 1. The maximum absolute atomic E-state index is 12.2. The summed E-state index contributed by atoms with van der Waals surface area (Å²) in [6.45, 7) is 6.07. The molecule has 0 radical (unpaired) electrons. The Labute approximate surface area is 174 Å². The minimum Gasteiger partial charge on any atom is -0.490 e. The molecular weight excluding hydrogens is 386 g/mol. The molecule has 0 spiro atoms. The summed E-state index contributed by atoms with van der Waals surface area (Å²) in [6, 6.07) is 14.5. The molecule has 3 aromatic rings. The van der Waals surface area contributed by atoms with Gasteiger partial charge in [-0.25, -0.2) is 4.79 Å². The number of hydrogen-bond donors (Lipinski definition) is 0. The lowest BCUT2D eigenvalue weighted by Gasteiger charge is -2.08. The number of nitro groups is 1. The van der Waals surface area contributed by atoms with Gasteiger partial charge in [0.15, 0.2) is 0 Å². The average Bonchev–Trinajstić information content (AvgIpc) is 3.00. The lowest BCUT2D eigenvalue weighted by molar-refractivity contribution is -0.386. The highest BCUT2D eigenvalue weighted by Crippen LogP contribution is 2.22. The number of carbonyl (C=O) groups excluding carboxylic acids is 1. The smallest absolute Gasteiger partial charge is 0.338 e. The monoisotopic (exact) mass is 409 g/mol. The standard InChI is InChI=1S/C22H23N3O5/c1-15-4-10-20(11-5-15)29-12-13-30-22(26)19-8-6-18(7-9-19)14-24-17(3)21(25(27)28)16(2)23-24/h4-11H,12-14H2,1-3H3. The molecule has 0 bridgehead atoms. The Morgan fingerprint density at radius 3 is 2.30 bits per heavy atom. The van der Waals surface area contributed by atoms with Gasteiger partial charge in [0.05, 0.1) is 17.0 Å². The van der Waals surface area contributed by atoms with Gasteiger partial charge in [-0.05, 0) is 50.6 Å². The number of rotatable bonds is 8. The van der Waals surface area contributed by atoms with Crippen LogP contribution >= 0.6 is 0 Å². The van der Waals surface area contributed by atoms with Crippen molar-refractivity contribution in [3.8, 4) is 5.75 Å². The Kier molecular flexibility index (Phi) is 6.46. The molecule has 30 heavy (non-hydrogen) atoms. The molecule has 1 heterocycles. The van der Waals surface area contributed by atoms with Crippen LogP contribution in [0.25, 0.3) is 0 Å². The van der Waals surface area contributed by atoms with E-state index in [9.17, 15) is 14.9 Å². The topological polar surface area (TPSA) is 96.5 Å². The van der Waals surface area contributed by atoms with Gasteiger partial charge in [0.25, 0.3) is 0 Å². The first-order valence-electron chi connectivity index (χ1n) is 9.49. The van der Waals surface area contributed by atoms with Crippen LogP contribution in [-0.4, -0.2) is 33.9 Å². The van der Waals surface area contributed by atoms with E-state index in [1.807, 2.05) is 31.2 Å². The molecule has 0 amide bonds. The molecule has 0 aliphatic carbocycles. The van der Waals surface area contributed by atoms with E-state index >= 15 is 0 Å². The van der Waals surface area contributed by atoms with Gasteiger partial charge in [0.2, 0.25) is 0 Å². The Morgan fingerprint density at radius 2 is 1.70 bits per heavy atom. The number of hydrogen-bond acceptors (Lipinski definition) is 6. The molecule has 0 aliphatic heterocycles. The lowest BCUT2D eigenvalue weighted by Crippen LogP contribution is -2.12. The van der Waals surface area contributed by atoms with Gasteiger partial charge in [-0.3, -0.25) is 14.8 Å². The maximum atomic E-state index is 12.2. The minimum atomic E-state index is -0.434. The van der Waals surface area contributed by atoms with Crippen molar-refractivity contribution in [2.75, 3.05) is 13.2 Å². The van der Waals surface area contributed by atoms with Crippen LogP contribution in [-0.2, 0) is 11.3 Å². The van der Waals surface area contributed by atoms with E-state index in [0.29, 0.717) is 23.5 Å². The molecule has 156 valence electrons. The average molecular weight is 409 g/mol. The summed E-state index contributed by atoms with van der Waals surface area (Å²) in [5, 5.41) is 15.4. The molecule has 0 fully saturated rings. The van der Waals surface area contributed by atoms with Crippen LogP contribution in [0.15, 0.2) is 48.5 Å². The second-order valence-electron chi connectivity index (χ2n) is 6.93. The van der Waals surface area contributed by atoms with Crippen LogP contribution in [0.3, 0.4) is 0 Å². The predicted molar refractivity (Wildman–Crippen MR) is 111 cm³/mol. The van der Waals surface area contributed by atoms with Crippen LogP contribution in [0, 0.1) is 30.9 Å². The molecule has 3 rings (SSSR count). The Morgan fingerprint density at radius 1 is 1.03 bits per heavy atom. The number of ether oxygens (including phenoxy) is 2. The highest BCUT2D eigenvalue weighted by molar-refractivity contribution is 5.89. The summed E-state index contributed by atoms with van der Waals surface area (Å²) in [7, 11) is 0. The number of aryl methyl sites for hydroxylation is 2. The van der Waals surface area contributed by atoms with Crippen molar-refractivity contribution in [3.05, 3.63) is 86.7 Å². The zero-order valence-electron chi connectivity index (χ0n) is 17.1. The normalized spacial score (nSPS) is 10.6. The number of esters is 1. The molecular formula is C22H23N3O5. The molecule has 0 saturated heterocycles. The molecule has 0 atom stereocenters. The van der Waals surface area contributed by atoms with Gasteiger partial charge in [-0.15, -0.1) is 0 Å². The van der Waals surface area contributed by atoms with Crippen LogP contribution in [0.5, 0.6) is 5.75 Å². The van der Waals surface area contributed by atoms with Crippen molar-refractivity contribution in [1.29, 1.82) is 0 Å². The summed E-state index contributed by atoms with van der Waals surface area (Å²) in [5.74, 6) is 0.293. The van der Waals surface area contributed by atoms with Gasteiger partial charge < -0.3 is 9.47 Å². The van der Waals surface area contributed by atoms with E-state index in [-0.39, 0.29) is 18.9 Å². The van der Waals surface area contributed by atoms with E-state index < -0.39 is 10.9 Å². The summed E-state index contributed by atoms with van der Waals surface area (Å²) in [6.07, 6.45) is 0. The molecule has 0 unspecified atom stereocenters. The van der Waals surface area contributed by atoms with Crippen molar-refractivity contribution >= 4 is 11.7 Å². The van der Waals surface area contributed by atoms with E-state index in [1.165, 1.54) is 0 Å². The first kappa shape index (κ1) is 21.0. The number of benzene rings is 2. The third kappa shape index (κ3) is 5.02. The predicted octanol–water partition coefficient (Wildman–Crippen LogP) is 4.00. The van der Waals surface area contributed by atoms with E-state index in [0.717, 1.165) is 16.9 Å². The fourth-order valence-electron chi connectivity index (χ4n) is 3.04. The molecule has 8 heteroatoms. The SMILES string of the molecule is Cc1ccc(OCCOC(=O)c2ccc(Cn3nc(C)c([N+](=O)[O-])c3C)cc2)cc1. The minimum absolute atomic E-state index is 0.0306. The first-order chi connectivity index (χ1) is 14.3. The first-order valence-corrected chi connectivity index (χ1v) is 9.49. The molecule has 0 saturated carbocycles. The van der Waals surface area contributed by atoms with Crippen LogP contribution in [0.4, 0.5) is 5.69 Å². The highest BCUT2D eigenvalue weighted by Gasteiger charge is 2.21. The number of aromatic nitrogens is 2. The van der Waals surface area contributed by atoms with Crippen molar-refractivity contribution in [3.63, 3.8) is 0 Å². The van der Waals surface area contributed by atoms with E-state index in [2.05, 4.69) is 5.10 Å². The van der Waals surface area contributed by atoms with Crippen molar-refractivity contribution in [2.24, 2.45) is 0 Å². The highest BCUT2D eigenvalue weighted by atomic mass is 16.6. The zero-order valence-corrected chi connectivity index (χ0v) is 17.1. The largest absolute Gasteiger partial charge is 0.490 e. The summed E-state index contributed by atoms with van der Waals surface area (Å²) in [4.78, 5) is 22.9. The van der Waals surface area contributed by atoms with Gasteiger partial charge >= 0.3 is 11.7 Å². The second-order valence-corrected chi connectivity index (χ2v) is 6.93. The van der Waals surface area contributed by atoms with Gasteiger partial charge in [0.1, 0.15) is 30.4 Å². The van der Waals surface area contributed by atoms with E-state index in [4.69, 9.17) is 9.47 Å². The second kappa shape index (κ2) is 9.21. The molecule has 2 aromatic carbocycles. The summed E-state index contributed by atoms with van der Waals surface area (Å²) >= 11 is 0. The zero-order chi connectivity index (χ0) is 21.7. The van der Waals surface area contributed by atoms with Gasteiger partial charge in [-0.2, -0.15) is 5.10 Å². The Hall–Kier alpha value is -3.68. The van der Waals surface area contributed by atoms with E-state index in [1.54, 1.807) is 42.8 Å². The van der Waals surface area contributed by atoms with Crippen molar-refractivity contribution in [2.45, 2.75) is 27.3 Å². The van der Waals surface area contributed by atoms with Crippen LogP contribution in [0.1, 0.15) is 32.9 Å². The third-order valence-corrected chi connectivity index (χ3v) is 4.65. The maximum Gasteiger partial charge on any atom is 0.338 e. The fourth-order valence-corrected chi connectivity index (χ4v) is 3.04. The van der Waals surface area contributed by atoms with Crippen molar-refractivity contribution in [1.82, 2.24) is 9.78 Å². The summed E-state index contributed by atoms with van der Waals surface area (Å²) < 4.78 is 12.4. The van der Waals surface area contributed by atoms with Crippen LogP contribution in [0.2, 0.25) is 0 Å². The quantitative estimate of drug-likeness (QED) is 0.241. The van der Waals surface area contributed by atoms with Crippen LogP contribution < -0.4 is 4.74 Å². The molecule has 0 N–H and O–H groups in total. The summed E-state index contributed by atoms with van der Waals surface area (Å²) in [5.41, 5.74) is 3.35. The van der Waals surface area contributed by atoms with Crippen molar-refractivity contribution < 1.29 is 19.2 Å². The Bertz CT molecular complexity index is 1040. The molecule has 8 nitrogen and oxygen atoms in total. The number of nitrogens with zero attached hydrogens (tertiary/aromatic N) is 3. The van der Waals surface area contributed by atoms with Gasteiger partial charge in [-0.1, -0.05) is 29.8 Å². The third-order valence-electron chi connectivity index (χ3n) is 4.65. The molecule has 0 aliphatic rings. The Balaban J connectivity index is 1.52.